The first-order valence-corrected chi connectivity index (χ1v) is 4.85. The summed E-state index contributed by atoms with van der Waals surface area (Å²) in [6.45, 7) is 3.15. The van der Waals surface area contributed by atoms with Crippen LogP contribution in [0, 0.1) is 0 Å². The Morgan fingerprint density at radius 2 is 2.25 bits per heavy atom. The van der Waals surface area contributed by atoms with Crippen molar-refractivity contribution in [2.75, 3.05) is 17.2 Å². The first-order chi connectivity index (χ1) is 5.75. The van der Waals surface area contributed by atoms with Crippen molar-refractivity contribution in [3.8, 4) is 0 Å². The molecule has 2 rings (SSSR count). The summed E-state index contributed by atoms with van der Waals surface area (Å²) in [5.41, 5.74) is 2.37. The number of anilines is 2. The fraction of sp³-hybridized carbons (Fsp3) is 0.333. The maximum absolute atomic E-state index is 3.44. The van der Waals surface area contributed by atoms with Gasteiger partial charge in [-0.05, 0) is 25.1 Å². The van der Waals surface area contributed by atoms with Gasteiger partial charge in [0.2, 0.25) is 0 Å². The molecule has 1 atom stereocenters. The largest absolute Gasteiger partial charge is 0.381 e. The van der Waals surface area contributed by atoms with E-state index in [0.29, 0.717) is 6.04 Å². The normalized spacial score (nSPS) is 20.7. The van der Waals surface area contributed by atoms with Gasteiger partial charge in [-0.3, -0.25) is 0 Å². The Morgan fingerprint density at radius 1 is 1.42 bits per heavy atom. The third kappa shape index (κ3) is 1.41. The standard InChI is InChI=1S/C9H11BrN2/c1-6-5-11-9-4-7(10)2-3-8(9)12-6/h2-4,6,11-12H,5H2,1H3/t6-/m1/s1. The number of halogens is 1. The molecule has 3 heteroatoms. The van der Waals surface area contributed by atoms with Gasteiger partial charge in [-0.2, -0.15) is 0 Å². The second-order valence-corrected chi connectivity index (χ2v) is 4.03. The molecule has 0 spiro atoms. The predicted molar refractivity (Wildman–Crippen MR) is 55.7 cm³/mol. The Balaban J connectivity index is 2.37. The highest BCUT2D eigenvalue weighted by Crippen LogP contribution is 2.28. The van der Waals surface area contributed by atoms with E-state index >= 15 is 0 Å². The third-order valence-corrected chi connectivity index (χ3v) is 2.48. The molecule has 0 aromatic heterocycles. The van der Waals surface area contributed by atoms with Crippen molar-refractivity contribution in [2.24, 2.45) is 0 Å². The number of rotatable bonds is 0. The summed E-state index contributed by atoms with van der Waals surface area (Å²) in [6, 6.07) is 6.74. The van der Waals surface area contributed by atoms with Crippen molar-refractivity contribution in [3.63, 3.8) is 0 Å². The van der Waals surface area contributed by atoms with Gasteiger partial charge < -0.3 is 10.6 Å². The molecule has 0 saturated carbocycles. The van der Waals surface area contributed by atoms with Crippen LogP contribution < -0.4 is 10.6 Å². The number of fused-ring (bicyclic) bond motifs is 1. The van der Waals surface area contributed by atoms with E-state index < -0.39 is 0 Å². The van der Waals surface area contributed by atoms with Crippen LogP contribution in [0.5, 0.6) is 0 Å². The highest BCUT2D eigenvalue weighted by molar-refractivity contribution is 9.10. The van der Waals surface area contributed by atoms with Crippen LogP contribution >= 0.6 is 15.9 Å². The number of hydrogen-bond acceptors (Lipinski definition) is 2. The fourth-order valence-electron chi connectivity index (χ4n) is 1.37. The zero-order chi connectivity index (χ0) is 8.55. The molecule has 1 heterocycles. The van der Waals surface area contributed by atoms with Crippen molar-refractivity contribution >= 4 is 27.3 Å². The number of nitrogens with one attached hydrogen (secondary N) is 2. The van der Waals surface area contributed by atoms with E-state index in [4.69, 9.17) is 0 Å². The van der Waals surface area contributed by atoms with Gasteiger partial charge in [-0.15, -0.1) is 0 Å². The van der Waals surface area contributed by atoms with Gasteiger partial charge in [0, 0.05) is 17.1 Å². The molecule has 12 heavy (non-hydrogen) atoms. The Kier molecular flexibility index (Phi) is 1.97. The highest BCUT2D eigenvalue weighted by atomic mass is 79.9. The number of benzene rings is 1. The molecule has 2 N–H and O–H groups in total. The van der Waals surface area contributed by atoms with Crippen LogP contribution in [0.15, 0.2) is 22.7 Å². The molecule has 0 fully saturated rings. The maximum atomic E-state index is 3.44. The molecule has 1 aliphatic rings. The van der Waals surface area contributed by atoms with Crippen LogP contribution in [-0.4, -0.2) is 12.6 Å². The van der Waals surface area contributed by atoms with Gasteiger partial charge in [-0.1, -0.05) is 15.9 Å². The first-order valence-electron chi connectivity index (χ1n) is 4.05. The predicted octanol–water partition coefficient (Wildman–Crippen LogP) is 2.67. The lowest BCUT2D eigenvalue weighted by molar-refractivity contribution is 0.818. The molecule has 1 aromatic carbocycles. The quantitative estimate of drug-likeness (QED) is 0.711. The van der Waals surface area contributed by atoms with E-state index in [-0.39, 0.29) is 0 Å². The zero-order valence-corrected chi connectivity index (χ0v) is 8.48. The van der Waals surface area contributed by atoms with Gasteiger partial charge in [0.05, 0.1) is 11.4 Å². The highest BCUT2D eigenvalue weighted by Gasteiger charge is 2.12. The summed E-state index contributed by atoms with van der Waals surface area (Å²) in [5, 5.41) is 6.76. The average molecular weight is 227 g/mol. The molecular formula is C9H11BrN2. The van der Waals surface area contributed by atoms with E-state index in [9.17, 15) is 0 Å². The minimum absolute atomic E-state index is 0.513. The molecular weight excluding hydrogens is 216 g/mol. The SMILES string of the molecule is C[C@@H]1CNc2cc(Br)ccc2N1. The molecule has 1 aromatic rings. The maximum Gasteiger partial charge on any atom is 0.0588 e. The minimum Gasteiger partial charge on any atom is -0.381 e. The first kappa shape index (κ1) is 7.92. The van der Waals surface area contributed by atoms with Crippen molar-refractivity contribution in [1.29, 1.82) is 0 Å². The Labute approximate surface area is 80.5 Å². The van der Waals surface area contributed by atoms with Gasteiger partial charge in [-0.25, -0.2) is 0 Å². The van der Waals surface area contributed by atoms with Crippen molar-refractivity contribution in [1.82, 2.24) is 0 Å². The third-order valence-electron chi connectivity index (χ3n) is 1.98. The van der Waals surface area contributed by atoms with Crippen LogP contribution in [0.2, 0.25) is 0 Å². The summed E-state index contributed by atoms with van der Waals surface area (Å²) < 4.78 is 1.12. The summed E-state index contributed by atoms with van der Waals surface area (Å²) in [5.74, 6) is 0. The van der Waals surface area contributed by atoms with E-state index in [1.54, 1.807) is 0 Å². The zero-order valence-electron chi connectivity index (χ0n) is 6.89. The molecule has 0 unspecified atom stereocenters. The Hall–Kier alpha value is -0.700. The minimum atomic E-state index is 0.513. The van der Waals surface area contributed by atoms with E-state index in [0.717, 1.165) is 11.0 Å². The molecule has 2 nitrogen and oxygen atoms in total. The van der Waals surface area contributed by atoms with Gasteiger partial charge in [0.15, 0.2) is 0 Å². The summed E-state index contributed by atoms with van der Waals surface area (Å²) in [6.07, 6.45) is 0. The van der Waals surface area contributed by atoms with Gasteiger partial charge in [0.25, 0.3) is 0 Å². The summed E-state index contributed by atoms with van der Waals surface area (Å²) in [4.78, 5) is 0. The Morgan fingerprint density at radius 3 is 3.08 bits per heavy atom. The molecule has 0 amide bonds. The lowest BCUT2D eigenvalue weighted by Gasteiger charge is -2.25. The second kappa shape index (κ2) is 2.98. The number of hydrogen-bond donors (Lipinski definition) is 2. The lowest BCUT2D eigenvalue weighted by Crippen LogP contribution is -2.29. The molecule has 0 saturated heterocycles. The van der Waals surface area contributed by atoms with Crippen LogP contribution in [0.1, 0.15) is 6.92 Å². The lowest BCUT2D eigenvalue weighted by atomic mass is 10.2. The van der Waals surface area contributed by atoms with Crippen molar-refractivity contribution in [2.45, 2.75) is 13.0 Å². The Bertz CT molecular complexity index is 299. The van der Waals surface area contributed by atoms with Crippen LogP contribution in [0.3, 0.4) is 0 Å². The van der Waals surface area contributed by atoms with E-state index in [2.05, 4.69) is 45.6 Å². The fourth-order valence-corrected chi connectivity index (χ4v) is 1.73. The second-order valence-electron chi connectivity index (χ2n) is 3.12. The van der Waals surface area contributed by atoms with Crippen molar-refractivity contribution in [3.05, 3.63) is 22.7 Å². The summed E-state index contributed by atoms with van der Waals surface area (Å²) >= 11 is 3.44. The van der Waals surface area contributed by atoms with Crippen LogP contribution in [0.25, 0.3) is 0 Å². The summed E-state index contributed by atoms with van der Waals surface area (Å²) in [7, 11) is 0. The van der Waals surface area contributed by atoms with E-state index in [1.807, 2.05) is 6.07 Å². The van der Waals surface area contributed by atoms with Crippen LogP contribution in [0.4, 0.5) is 11.4 Å². The molecule has 64 valence electrons. The molecule has 0 bridgehead atoms. The molecule has 0 radical (unpaired) electrons. The molecule has 1 aliphatic heterocycles. The average Bonchev–Trinajstić information content (AvgIpc) is 2.05. The van der Waals surface area contributed by atoms with Gasteiger partial charge >= 0.3 is 0 Å². The molecule has 0 aliphatic carbocycles. The van der Waals surface area contributed by atoms with Crippen molar-refractivity contribution < 1.29 is 0 Å². The monoisotopic (exact) mass is 226 g/mol. The van der Waals surface area contributed by atoms with Crippen LogP contribution in [-0.2, 0) is 0 Å². The van der Waals surface area contributed by atoms with Gasteiger partial charge in [0.1, 0.15) is 0 Å². The van der Waals surface area contributed by atoms with E-state index in [1.165, 1.54) is 11.4 Å². The topological polar surface area (TPSA) is 24.1 Å². The smallest absolute Gasteiger partial charge is 0.0588 e.